The van der Waals surface area contributed by atoms with Gasteiger partial charge in [0.15, 0.2) is 0 Å². The molecule has 0 aromatic heterocycles. The summed E-state index contributed by atoms with van der Waals surface area (Å²) >= 11 is 0. The summed E-state index contributed by atoms with van der Waals surface area (Å²) in [6.45, 7) is 2.47. The van der Waals surface area contributed by atoms with E-state index in [4.69, 9.17) is 4.74 Å². The van der Waals surface area contributed by atoms with Crippen molar-refractivity contribution >= 4 is 21.8 Å². The van der Waals surface area contributed by atoms with Crippen LogP contribution < -0.4 is 10.1 Å². The number of nitrogens with zero attached hydrogens (tertiary/aromatic N) is 1. The number of ether oxygens (including phenoxy) is 1. The van der Waals surface area contributed by atoms with E-state index in [-0.39, 0.29) is 22.1 Å². The summed E-state index contributed by atoms with van der Waals surface area (Å²) in [7, 11) is -3.94. The maximum Gasteiger partial charge on any atom is 0.269 e. The van der Waals surface area contributed by atoms with Crippen molar-refractivity contribution in [2.45, 2.75) is 36.7 Å². The van der Waals surface area contributed by atoms with Gasteiger partial charge < -0.3 is 10.1 Å². The summed E-state index contributed by atoms with van der Waals surface area (Å²) in [5.74, 6) is -0.211. The molecule has 1 N–H and O–H groups in total. The van der Waals surface area contributed by atoms with Gasteiger partial charge in [-0.05, 0) is 61.2 Å². The van der Waals surface area contributed by atoms with Crippen LogP contribution in [0.5, 0.6) is 5.75 Å². The molecule has 34 heavy (non-hydrogen) atoms. The summed E-state index contributed by atoms with van der Waals surface area (Å²) in [4.78, 5) is 25.8. The monoisotopic (exact) mass is 476 g/mol. The van der Waals surface area contributed by atoms with Crippen molar-refractivity contribution in [3.8, 4) is 5.75 Å². The third kappa shape index (κ3) is 3.94. The van der Waals surface area contributed by atoms with E-state index in [9.17, 15) is 18.0 Å². The molecule has 174 valence electrons. The van der Waals surface area contributed by atoms with Crippen molar-refractivity contribution in [1.82, 2.24) is 9.62 Å². The Morgan fingerprint density at radius 2 is 1.71 bits per heavy atom. The summed E-state index contributed by atoms with van der Waals surface area (Å²) in [5.41, 5.74) is 2.03. The summed E-state index contributed by atoms with van der Waals surface area (Å²) in [6, 6.07) is 20.5. The van der Waals surface area contributed by atoms with Crippen LogP contribution in [-0.4, -0.2) is 37.2 Å². The number of amides is 2. The lowest BCUT2D eigenvalue weighted by molar-refractivity contribution is 0.0863. The van der Waals surface area contributed by atoms with E-state index < -0.39 is 27.9 Å². The zero-order valence-corrected chi connectivity index (χ0v) is 19.4. The lowest BCUT2D eigenvalue weighted by atomic mass is 9.98. The molecule has 1 saturated carbocycles. The zero-order valence-electron chi connectivity index (χ0n) is 18.6. The van der Waals surface area contributed by atoms with Crippen LogP contribution in [0.4, 0.5) is 0 Å². The van der Waals surface area contributed by atoms with Crippen LogP contribution in [0.25, 0.3) is 0 Å². The number of carbonyl (C=O) groups excluding carboxylic acids is 2. The van der Waals surface area contributed by atoms with Gasteiger partial charge in [0.1, 0.15) is 10.6 Å². The molecule has 2 aliphatic rings. The quantitative estimate of drug-likeness (QED) is 0.558. The molecule has 8 heteroatoms. The summed E-state index contributed by atoms with van der Waals surface area (Å²) in [5, 5.41) is 3.02. The van der Waals surface area contributed by atoms with E-state index in [0.717, 1.165) is 21.2 Å². The fourth-order valence-corrected chi connectivity index (χ4v) is 6.04. The van der Waals surface area contributed by atoms with Gasteiger partial charge in [0.05, 0.1) is 18.2 Å². The Morgan fingerprint density at radius 1 is 1.03 bits per heavy atom. The van der Waals surface area contributed by atoms with Gasteiger partial charge in [-0.15, -0.1) is 0 Å². The highest BCUT2D eigenvalue weighted by Gasteiger charge is 2.48. The molecule has 1 unspecified atom stereocenters. The maximum atomic E-state index is 13.3. The first-order chi connectivity index (χ1) is 16.4. The first kappa shape index (κ1) is 22.2. The van der Waals surface area contributed by atoms with Gasteiger partial charge in [-0.2, -0.15) is 0 Å². The summed E-state index contributed by atoms with van der Waals surface area (Å²) in [6.07, 6.45) is 1.35. The van der Waals surface area contributed by atoms with Gasteiger partial charge in [-0.1, -0.05) is 42.5 Å². The Hall–Kier alpha value is -3.65. The van der Waals surface area contributed by atoms with Crippen molar-refractivity contribution in [2.24, 2.45) is 0 Å². The second kappa shape index (κ2) is 8.61. The standard InChI is InChI=1S/C26H24N2O5S/c1-2-33-21-13-8-18(9-14-21)24(17-6-4-3-5-7-17)27-25(29)19-10-15-22-23(16-19)34(31,32)28(26(22)30)20-11-12-20/h3-10,13-16,20,24H,2,11-12H2,1H3,(H,27,29). The molecule has 1 heterocycles. The minimum Gasteiger partial charge on any atom is -0.494 e. The van der Waals surface area contributed by atoms with E-state index >= 15 is 0 Å². The van der Waals surface area contributed by atoms with E-state index in [1.54, 1.807) is 0 Å². The molecule has 1 atom stereocenters. The van der Waals surface area contributed by atoms with Crippen LogP contribution in [0.2, 0.25) is 0 Å². The molecule has 7 nitrogen and oxygen atoms in total. The average Bonchev–Trinajstić information content (AvgIpc) is 3.65. The molecule has 3 aromatic rings. The SMILES string of the molecule is CCOc1ccc(C(NC(=O)c2ccc3c(c2)S(=O)(=O)N(C2CC2)C3=O)c2ccccc2)cc1. The minimum absolute atomic E-state index is 0.102. The third-order valence-electron chi connectivity index (χ3n) is 6.02. The molecular formula is C26H24N2O5S. The van der Waals surface area contributed by atoms with Gasteiger partial charge in [0, 0.05) is 11.6 Å². The van der Waals surface area contributed by atoms with Crippen LogP contribution in [0.3, 0.4) is 0 Å². The molecule has 5 rings (SSSR count). The lowest BCUT2D eigenvalue weighted by Gasteiger charge is -2.20. The van der Waals surface area contributed by atoms with Gasteiger partial charge in [-0.25, -0.2) is 12.7 Å². The first-order valence-electron chi connectivity index (χ1n) is 11.2. The number of hydrogen-bond acceptors (Lipinski definition) is 5. The van der Waals surface area contributed by atoms with Gasteiger partial charge in [0.2, 0.25) is 0 Å². The van der Waals surface area contributed by atoms with Crippen molar-refractivity contribution in [3.05, 3.63) is 95.1 Å². The normalized spacial score (nSPS) is 17.2. The highest BCUT2D eigenvalue weighted by Crippen LogP contribution is 2.39. The number of nitrogens with one attached hydrogen (secondary N) is 1. The van der Waals surface area contributed by atoms with Gasteiger partial charge in [-0.3, -0.25) is 9.59 Å². The molecule has 0 saturated heterocycles. The van der Waals surface area contributed by atoms with E-state index in [0.29, 0.717) is 19.4 Å². The number of benzene rings is 3. The Morgan fingerprint density at radius 3 is 2.35 bits per heavy atom. The number of carbonyl (C=O) groups is 2. The Balaban J connectivity index is 1.46. The molecule has 3 aromatic carbocycles. The lowest BCUT2D eigenvalue weighted by Crippen LogP contribution is -2.32. The second-order valence-corrected chi connectivity index (χ2v) is 10.2. The number of hydrogen-bond donors (Lipinski definition) is 1. The topological polar surface area (TPSA) is 92.8 Å². The molecule has 0 bridgehead atoms. The van der Waals surface area contributed by atoms with E-state index in [1.165, 1.54) is 18.2 Å². The van der Waals surface area contributed by atoms with Crippen molar-refractivity contribution in [3.63, 3.8) is 0 Å². The van der Waals surface area contributed by atoms with Crippen LogP contribution >= 0.6 is 0 Å². The highest BCUT2D eigenvalue weighted by atomic mass is 32.2. The smallest absolute Gasteiger partial charge is 0.269 e. The molecule has 1 aliphatic carbocycles. The third-order valence-corrected chi connectivity index (χ3v) is 7.90. The number of fused-ring (bicyclic) bond motifs is 1. The number of sulfonamides is 1. The highest BCUT2D eigenvalue weighted by molar-refractivity contribution is 7.90. The largest absolute Gasteiger partial charge is 0.494 e. The van der Waals surface area contributed by atoms with Crippen LogP contribution in [-0.2, 0) is 10.0 Å². The fraction of sp³-hybridized carbons (Fsp3) is 0.231. The zero-order chi connectivity index (χ0) is 23.9. The molecular weight excluding hydrogens is 452 g/mol. The maximum absolute atomic E-state index is 13.3. The Bertz CT molecular complexity index is 1350. The molecule has 0 radical (unpaired) electrons. The van der Waals surface area contributed by atoms with Crippen LogP contribution in [0, 0.1) is 0 Å². The van der Waals surface area contributed by atoms with E-state index in [2.05, 4.69) is 5.32 Å². The molecule has 2 amide bonds. The van der Waals surface area contributed by atoms with Gasteiger partial charge >= 0.3 is 0 Å². The van der Waals surface area contributed by atoms with Crippen molar-refractivity contribution < 1.29 is 22.7 Å². The van der Waals surface area contributed by atoms with Gasteiger partial charge in [0.25, 0.3) is 21.8 Å². The first-order valence-corrected chi connectivity index (χ1v) is 12.7. The Labute approximate surface area is 198 Å². The Kier molecular flexibility index (Phi) is 5.61. The molecule has 1 fully saturated rings. The van der Waals surface area contributed by atoms with Crippen LogP contribution in [0.15, 0.2) is 77.7 Å². The molecule has 0 spiro atoms. The second-order valence-electron chi connectivity index (χ2n) is 8.37. The fourth-order valence-electron chi connectivity index (χ4n) is 4.20. The van der Waals surface area contributed by atoms with Crippen molar-refractivity contribution in [1.29, 1.82) is 0 Å². The van der Waals surface area contributed by atoms with Crippen LogP contribution in [0.1, 0.15) is 57.7 Å². The predicted molar refractivity (Wildman–Crippen MR) is 126 cm³/mol. The number of rotatable bonds is 7. The van der Waals surface area contributed by atoms with E-state index in [1.807, 2.05) is 61.5 Å². The predicted octanol–water partition coefficient (Wildman–Crippen LogP) is 3.91. The average molecular weight is 477 g/mol. The summed E-state index contributed by atoms with van der Waals surface area (Å²) < 4.78 is 32.4. The van der Waals surface area contributed by atoms with Crippen molar-refractivity contribution in [2.75, 3.05) is 6.61 Å². The molecule has 1 aliphatic heterocycles. The minimum atomic E-state index is -3.94.